The predicted octanol–water partition coefficient (Wildman–Crippen LogP) is 6.36. The van der Waals surface area contributed by atoms with E-state index in [1.54, 1.807) is 6.92 Å². The van der Waals surface area contributed by atoms with Gasteiger partial charge in [0.2, 0.25) is 0 Å². The van der Waals surface area contributed by atoms with Crippen molar-refractivity contribution in [2.24, 2.45) is 10.3 Å². The van der Waals surface area contributed by atoms with Gasteiger partial charge >= 0.3 is 0 Å². The van der Waals surface area contributed by atoms with E-state index in [-0.39, 0.29) is 10.3 Å². The maximum atomic E-state index is 14.7. The van der Waals surface area contributed by atoms with Crippen LogP contribution in [0.15, 0.2) is 22.6 Å². The van der Waals surface area contributed by atoms with Gasteiger partial charge in [-0.25, -0.2) is 17.6 Å². The maximum absolute atomic E-state index is 14.7. The van der Waals surface area contributed by atoms with Gasteiger partial charge < -0.3 is 0 Å². The standard InChI is InChI=1S/C18H24F3NS/c1-12(22-23-17(2,3)4)14-10-7-11-15(16(14)19)18(20,21)13-8-5-6-9-13/h7,10-11,13H,5-6,8-9H2,1-4H3/b22-12+. The van der Waals surface area contributed by atoms with Gasteiger partial charge in [0.1, 0.15) is 5.82 Å². The molecule has 1 aromatic carbocycles. The molecular formula is C18H24F3NS. The Morgan fingerprint density at radius 2 is 1.78 bits per heavy atom. The van der Waals surface area contributed by atoms with Crippen molar-refractivity contribution in [2.75, 3.05) is 0 Å². The van der Waals surface area contributed by atoms with Crippen molar-refractivity contribution in [3.8, 4) is 0 Å². The number of rotatable bonds is 4. The first-order valence-electron chi connectivity index (χ1n) is 8.03. The normalized spacial score (nSPS) is 17.8. The van der Waals surface area contributed by atoms with Crippen molar-refractivity contribution in [3.63, 3.8) is 0 Å². The summed E-state index contributed by atoms with van der Waals surface area (Å²) in [6.45, 7) is 7.65. The Hall–Kier alpha value is -0.970. The highest BCUT2D eigenvalue weighted by atomic mass is 32.2. The van der Waals surface area contributed by atoms with Crippen LogP contribution >= 0.6 is 11.9 Å². The summed E-state index contributed by atoms with van der Waals surface area (Å²) in [7, 11) is 0. The van der Waals surface area contributed by atoms with E-state index in [1.807, 2.05) is 20.8 Å². The number of alkyl halides is 2. The van der Waals surface area contributed by atoms with Crippen molar-refractivity contribution in [1.82, 2.24) is 0 Å². The van der Waals surface area contributed by atoms with E-state index in [4.69, 9.17) is 0 Å². The summed E-state index contributed by atoms with van der Waals surface area (Å²) in [6, 6.07) is 4.23. The molecule has 128 valence electrons. The number of hydrogen-bond donors (Lipinski definition) is 0. The van der Waals surface area contributed by atoms with Crippen LogP contribution in [-0.2, 0) is 5.92 Å². The van der Waals surface area contributed by atoms with Gasteiger partial charge in [-0.05, 0) is 52.5 Å². The molecule has 0 amide bonds. The molecule has 0 spiro atoms. The Kier molecular flexibility index (Phi) is 5.49. The molecule has 0 atom stereocenters. The molecule has 0 N–H and O–H groups in total. The second-order valence-corrected chi connectivity index (χ2v) is 8.74. The summed E-state index contributed by atoms with van der Waals surface area (Å²) in [5.41, 5.74) is 0.112. The second-order valence-electron chi connectivity index (χ2n) is 7.15. The lowest BCUT2D eigenvalue weighted by molar-refractivity contribution is -0.0654. The van der Waals surface area contributed by atoms with E-state index in [0.717, 1.165) is 12.8 Å². The molecule has 0 bridgehead atoms. The van der Waals surface area contributed by atoms with Gasteiger partial charge in [-0.3, -0.25) is 0 Å². The lowest BCUT2D eigenvalue weighted by Crippen LogP contribution is -2.25. The van der Waals surface area contributed by atoms with Gasteiger partial charge in [0, 0.05) is 16.2 Å². The van der Waals surface area contributed by atoms with E-state index in [9.17, 15) is 13.2 Å². The van der Waals surface area contributed by atoms with Crippen LogP contribution in [0.4, 0.5) is 13.2 Å². The van der Waals surface area contributed by atoms with Crippen molar-refractivity contribution in [3.05, 3.63) is 35.1 Å². The third kappa shape index (κ3) is 4.31. The second kappa shape index (κ2) is 6.88. The minimum Gasteiger partial charge on any atom is -0.220 e. The molecule has 0 aliphatic heterocycles. The molecule has 1 aromatic rings. The topological polar surface area (TPSA) is 12.4 Å². The van der Waals surface area contributed by atoms with Gasteiger partial charge in [-0.15, -0.1) is 0 Å². The highest BCUT2D eigenvalue weighted by Gasteiger charge is 2.44. The van der Waals surface area contributed by atoms with E-state index in [0.29, 0.717) is 18.6 Å². The monoisotopic (exact) mass is 343 g/mol. The van der Waals surface area contributed by atoms with Crippen LogP contribution in [0, 0.1) is 11.7 Å². The predicted molar refractivity (Wildman–Crippen MR) is 91.8 cm³/mol. The first-order valence-corrected chi connectivity index (χ1v) is 8.80. The molecule has 0 heterocycles. The highest BCUT2D eigenvalue weighted by Crippen LogP contribution is 2.45. The third-order valence-corrected chi connectivity index (χ3v) is 4.98. The third-order valence-electron chi connectivity index (χ3n) is 4.07. The zero-order chi connectivity index (χ0) is 17.3. The van der Waals surface area contributed by atoms with E-state index >= 15 is 0 Å². The molecule has 5 heteroatoms. The quantitative estimate of drug-likeness (QED) is 0.457. The lowest BCUT2D eigenvalue weighted by Gasteiger charge is -2.24. The molecule has 23 heavy (non-hydrogen) atoms. The fraction of sp³-hybridized carbons (Fsp3) is 0.611. The largest absolute Gasteiger partial charge is 0.278 e. The zero-order valence-electron chi connectivity index (χ0n) is 14.1. The summed E-state index contributed by atoms with van der Waals surface area (Å²) >= 11 is 1.32. The zero-order valence-corrected chi connectivity index (χ0v) is 14.9. The summed E-state index contributed by atoms with van der Waals surface area (Å²) in [6.07, 6.45) is 2.52. The minimum atomic E-state index is -3.12. The van der Waals surface area contributed by atoms with Gasteiger partial charge in [0.15, 0.2) is 0 Å². The van der Waals surface area contributed by atoms with Crippen molar-refractivity contribution in [2.45, 2.75) is 64.0 Å². The smallest absolute Gasteiger partial charge is 0.220 e. The van der Waals surface area contributed by atoms with Crippen LogP contribution in [0.5, 0.6) is 0 Å². The van der Waals surface area contributed by atoms with Crippen LogP contribution in [-0.4, -0.2) is 10.5 Å². The van der Waals surface area contributed by atoms with Crippen LogP contribution in [0.2, 0.25) is 0 Å². The number of halogens is 3. The van der Waals surface area contributed by atoms with Gasteiger partial charge in [-0.1, -0.05) is 31.0 Å². The Morgan fingerprint density at radius 1 is 1.17 bits per heavy atom. The summed E-state index contributed by atoms with van der Waals surface area (Å²) in [5.74, 6) is -4.71. The van der Waals surface area contributed by atoms with E-state index in [2.05, 4.69) is 4.40 Å². The summed E-state index contributed by atoms with van der Waals surface area (Å²) < 4.78 is 48.2. The molecule has 0 radical (unpaired) electrons. The first-order chi connectivity index (χ1) is 10.6. The fourth-order valence-electron chi connectivity index (χ4n) is 2.83. The Morgan fingerprint density at radius 3 is 2.35 bits per heavy atom. The molecule has 1 fully saturated rings. The molecule has 0 unspecified atom stereocenters. The van der Waals surface area contributed by atoms with Crippen molar-refractivity contribution >= 4 is 17.7 Å². The molecule has 1 aliphatic carbocycles. The summed E-state index contributed by atoms with van der Waals surface area (Å²) in [5, 5.41) is 0. The fourth-order valence-corrected chi connectivity index (χ4v) is 3.34. The lowest BCUT2D eigenvalue weighted by atomic mass is 9.91. The first kappa shape index (κ1) is 18.4. The van der Waals surface area contributed by atoms with Crippen LogP contribution < -0.4 is 0 Å². The summed E-state index contributed by atoms with van der Waals surface area (Å²) in [4.78, 5) is 0. The van der Waals surface area contributed by atoms with E-state index in [1.165, 1.54) is 30.1 Å². The molecule has 1 aliphatic rings. The Balaban J connectivity index is 2.34. The number of nitrogens with zero attached hydrogens (tertiary/aromatic N) is 1. The minimum absolute atomic E-state index is 0.108. The highest BCUT2D eigenvalue weighted by molar-refractivity contribution is 7.99. The van der Waals surface area contributed by atoms with Crippen molar-refractivity contribution < 1.29 is 13.2 Å². The van der Waals surface area contributed by atoms with Crippen molar-refractivity contribution in [1.29, 1.82) is 0 Å². The molecule has 2 rings (SSSR count). The van der Waals surface area contributed by atoms with Crippen LogP contribution in [0.3, 0.4) is 0 Å². The van der Waals surface area contributed by atoms with Crippen LogP contribution in [0.25, 0.3) is 0 Å². The number of hydrogen-bond acceptors (Lipinski definition) is 2. The maximum Gasteiger partial charge on any atom is 0.278 e. The number of benzene rings is 1. The van der Waals surface area contributed by atoms with Gasteiger partial charge in [0.05, 0.1) is 11.3 Å². The van der Waals surface area contributed by atoms with Gasteiger partial charge in [-0.2, -0.15) is 0 Å². The molecule has 1 nitrogen and oxygen atoms in total. The molecular weight excluding hydrogens is 319 g/mol. The average Bonchev–Trinajstić information content (AvgIpc) is 2.99. The molecule has 1 saturated carbocycles. The average molecular weight is 343 g/mol. The van der Waals surface area contributed by atoms with E-state index < -0.39 is 23.2 Å². The molecule has 0 aromatic heterocycles. The molecule has 0 saturated heterocycles. The van der Waals surface area contributed by atoms with Gasteiger partial charge in [0.25, 0.3) is 5.92 Å². The Labute approximate surface area is 140 Å². The Bertz CT molecular complexity index is 584. The SMILES string of the molecule is C/C(=N\SC(C)(C)C)c1cccc(C(F)(F)C2CCCC2)c1F. The van der Waals surface area contributed by atoms with Crippen LogP contribution in [0.1, 0.15) is 64.5 Å².